The predicted molar refractivity (Wildman–Crippen MR) is 69.4 cm³/mol. The molecule has 1 aliphatic heterocycles. The average Bonchev–Trinajstić information content (AvgIpc) is 2.37. The third-order valence-corrected chi connectivity index (χ3v) is 3.52. The largest absolute Gasteiger partial charge is 0.393 e. The Hall–Kier alpha value is -0.570. The summed E-state index contributed by atoms with van der Waals surface area (Å²) in [5.74, 6) is 0.610. The Kier molecular flexibility index (Phi) is 4.84. The van der Waals surface area contributed by atoms with Crippen molar-refractivity contribution in [2.45, 2.75) is 37.9 Å². The SMILES string of the molecule is OC(CCCCl)CC1OCCc2ccccc21. The number of halogens is 1. The van der Waals surface area contributed by atoms with Crippen LogP contribution in [0, 0.1) is 0 Å². The van der Waals surface area contributed by atoms with Crippen molar-refractivity contribution in [2.75, 3.05) is 12.5 Å². The molecular formula is C14H19ClO2. The van der Waals surface area contributed by atoms with Crippen molar-refractivity contribution >= 4 is 11.6 Å². The van der Waals surface area contributed by atoms with Gasteiger partial charge in [-0.25, -0.2) is 0 Å². The van der Waals surface area contributed by atoms with Crippen molar-refractivity contribution in [1.29, 1.82) is 0 Å². The van der Waals surface area contributed by atoms with Crippen LogP contribution in [0.4, 0.5) is 0 Å². The van der Waals surface area contributed by atoms with Crippen molar-refractivity contribution in [3.8, 4) is 0 Å². The summed E-state index contributed by atoms with van der Waals surface area (Å²) in [6.45, 7) is 0.754. The minimum atomic E-state index is -0.315. The maximum absolute atomic E-state index is 9.92. The molecule has 0 aromatic heterocycles. The number of rotatable bonds is 5. The highest BCUT2D eigenvalue weighted by atomic mass is 35.5. The minimum absolute atomic E-state index is 0.0466. The van der Waals surface area contributed by atoms with Crippen molar-refractivity contribution in [2.24, 2.45) is 0 Å². The second-order valence-electron chi connectivity index (χ2n) is 4.53. The summed E-state index contributed by atoms with van der Waals surface area (Å²) in [7, 11) is 0. The Morgan fingerprint density at radius 1 is 1.41 bits per heavy atom. The first-order valence-corrected chi connectivity index (χ1v) is 6.78. The minimum Gasteiger partial charge on any atom is -0.393 e. The van der Waals surface area contributed by atoms with Crippen molar-refractivity contribution in [3.63, 3.8) is 0 Å². The number of alkyl halides is 1. The van der Waals surface area contributed by atoms with Gasteiger partial charge in [0.2, 0.25) is 0 Å². The summed E-state index contributed by atoms with van der Waals surface area (Å²) >= 11 is 5.63. The normalized spacial score (nSPS) is 20.9. The first kappa shape index (κ1) is 12.9. The molecule has 0 bridgehead atoms. The fraction of sp³-hybridized carbons (Fsp3) is 0.571. The molecule has 1 N–H and O–H groups in total. The van der Waals surface area contributed by atoms with Crippen LogP contribution in [0.5, 0.6) is 0 Å². The summed E-state index contributed by atoms with van der Waals surface area (Å²) in [6, 6.07) is 8.35. The number of hydrogen-bond donors (Lipinski definition) is 1. The standard InChI is InChI=1S/C14H19ClO2/c15-8-3-5-12(16)10-14-13-6-2-1-4-11(13)7-9-17-14/h1-2,4,6,12,14,16H,3,5,7-10H2. The molecule has 0 radical (unpaired) electrons. The summed E-state index contributed by atoms with van der Waals surface area (Å²) in [5, 5.41) is 9.92. The Balaban J connectivity index is 1.98. The maximum Gasteiger partial charge on any atom is 0.0852 e. The van der Waals surface area contributed by atoms with Crippen LogP contribution < -0.4 is 0 Å². The van der Waals surface area contributed by atoms with Gasteiger partial charge in [0.25, 0.3) is 0 Å². The van der Waals surface area contributed by atoms with E-state index in [1.807, 2.05) is 6.07 Å². The fourth-order valence-electron chi connectivity index (χ4n) is 2.35. The lowest BCUT2D eigenvalue weighted by Crippen LogP contribution is -2.21. The van der Waals surface area contributed by atoms with Crippen LogP contribution in [-0.2, 0) is 11.2 Å². The maximum atomic E-state index is 9.92. The molecule has 2 nitrogen and oxygen atoms in total. The molecule has 94 valence electrons. The molecule has 0 amide bonds. The van der Waals surface area contributed by atoms with Gasteiger partial charge in [0.1, 0.15) is 0 Å². The zero-order valence-corrected chi connectivity index (χ0v) is 10.7. The molecule has 0 spiro atoms. The van der Waals surface area contributed by atoms with Gasteiger partial charge in [-0.1, -0.05) is 24.3 Å². The van der Waals surface area contributed by atoms with E-state index >= 15 is 0 Å². The molecule has 1 aliphatic rings. The van der Waals surface area contributed by atoms with E-state index in [4.69, 9.17) is 16.3 Å². The highest BCUT2D eigenvalue weighted by Crippen LogP contribution is 2.31. The Morgan fingerprint density at radius 3 is 3.06 bits per heavy atom. The molecule has 0 aliphatic carbocycles. The molecule has 1 aromatic rings. The lowest BCUT2D eigenvalue weighted by atomic mass is 9.93. The fourth-order valence-corrected chi connectivity index (χ4v) is 2.50. The smallest absolute Gasteiger partial charge is 0.0852 e. The van der Waals surface area contributed by atoms with Crippen LogP contribution in [0.15, 0.2) is 24.3 Å². The van der Waals surface area contributed by atoms with E-state index < -0.39 is 0 Å². The molecule has 1 heterocycles. The van der Waals surface area contributed by atoms with Crippen LogP contribution in [0.3, 0.4) is 0 Å². The summed E-state index contributed by atoms with van der Waals surface area (Å²) in [6.07, 6.45) is 3.00. The van der Waals surface area contributed by atoms with Gasteiger partial charge < -0.3 is 9.84 Å². The first-order valence-electron chi connectivity index (χ1n) is 6.24. The van der Waals surface area contributed by atoms with Crippen LogP contribution in [0.25, 0.3) is 0 Å². The Labute approximate surface area is 108 Å². The zero-order chi connectivity index (χ0) is 12.1. The van der Waals surface area contributed by atoms with Gasteiger partial charge >= 0.3 is 0 Å². The van der Waals surface area contributed by atoms with Crippen LogP contribution in [0.2, 0.25) is 0 Å². The molecule has 2 unspecified atom stereocenters. The highest BCUT2D eigenvalue weighted by molar-refractivity contribution is 6.17. The number of aliphatic hydroxyl groups excluding tert-OH is 1. The van der Waals surface area contributed by atoms with Crippen LogP contribution in [-0.4, -0.2) is 23.7 Å². The van der Waals surface area contributed by atoms with E-state index in [9.17, 15) is 5.11 Å². The molecule has 2 rings (SSSR count). The number of fused-ring (bicyclic) bond motifs is 1. The molecule has 2 atom stereocenters. The van der Waals surface area contributed by atoms with Gasteiger partial charge in [0.05, 0.1) is 18.8 Å². The molecule has 0 fully saturated rings. The summed E-state index contributed by atoms with van der Waals surface area (Å²) in [5.41, 5.74) is 2.59. The van der Waals surface area contributed by atoms with E-state index in [2.05, 4.69) is 18.2 Å². The summed E-state index contributed by atoms with van der Waals surface area (Å²) in [4.78, 5) is 0. The third kappa shape index (κ3) is 3.44. The van der Waals surface area contributed by atoms with Gasteiger partial charge in [-0.15, -0.1) is 11.6 Å². The highest BCUT2D eigenvalue weighted by Gasteiger charge is 2.22. The van der Waals surface area contributed by atoms with E-state index in [1.165, 1.54) is 11.1 Å². The molecular weight excluding hydrogens is 236 g/mol. The molecule has 17 heavy (non-hydrogen) atoms. The first-order chi connectivity index (χ1) is 8.31. The lowest BCUT2D eigenvalue weighted by molar-refractivity contribution is 0.00246. The molecule has 0 saturated carbocycles. The van der Waals surface area contributed by atoms with Gasteiger partial charge in [0.15, 0.2) is 0 Å². The Morgan fingerprint density at radius 2 is 2.24 bits per heavy atom. The second kappa shape index (κ2) is 6.39. The predicted octanol–water partition coefficient (Wildman–Crippen LogP) is 3.07. The van der Waals surface area contributed by atoms with E-state index in [0.717, 1.165) is 25.9 Å². The van der Waals surface area contributed by atoms with Crippen LogP contribution >= 0.6 is 11.6 Å². The van der Waals surface area contributed by atoms with Gasteiger partial charge in [-0.3, -0.25) is 0 Å². The van der Waals surface area contributed by atoms with Crippen LogP contribution in [0.1, 0.15) is 36.5 Å². The topological polar surface area (TPSA) is 29.5 Å². The lowest BCUT2D eigenvalue weighted by Gasteiger charge is -2.27. The monoisotopic (exact) mass is 254 g/mol. The number of hydrogen-bond acceptors (Lipinski definition) is 2. The Bertz CT molecular complexity index is 354. The second-order valence-corrected chi connectivity index (χ2v) is 4.91. The van der Waals surface area contributed by atoms with Crippen molar-refractivity contribution < 1.29 is 9.84 Å². The molecule has 0 saturated heterocycles. The number of benzene rings is 1. The molecule has 3 heteroatoms. The van der Waals surface area contributed by atoms with Gasteiger partial charge in [0, 0.05) is 12.3 Å². The third-order valence-electron chi connectivity index (χ3n) is 3.25. The average molecular weight is 255 g/mol. The molecule has 1 aromatic carbocycles. The van der Waals surface area contributed by atoms with Gasteiger partial charge in [-0.2, -0.15) is 0 Å². The van der Waals surface area contributed by atoms with E-state index in [0.29, 0.717) is 12.3 Å². The zero-order valence-electron chi connectivity index (χ0n) is 9.94. The van der Waals surface area contributed by atoms with Gasteiger partial charge in [-0.05, 0) is 30.4 Å². The number of ether oxygens (including phenoxy) is 1. The van der Waals surface area contributed by atoms with E-state index in [1.54, 1.807) is 0 Å². The van der Waals surface area contributed by atoms with Crippen molar-refractivity contribution in [1.82, 2.24) is 0 Å². The van der Waals surface area contributed by atoms with E-state index in [-0.39, 0.29) is 12.2 Å². The quantitative estimate of drug-likeness (QED) is 0.819. The number of aliphatic hydroxyl groups is 1. The van der Waals surface area contributed by atoms with Crippen molar-refractivity contribution in [3.05, 3.63) is 35.4 Å². The summed E-state index contributed by atoms with van der Waals surface area (Å²) < 4.78 is 5.76.